The van der Waals surface area contributed by atoms with Crippen LogP contribution in [0.15, 0.2) is 36.5 Å². The standard InChI is InChI=1S/C20H20FN3O4S/c21-16-7-12(11-1-2-11)4-6-17(16)23-18-15(5-3-13-8-22-29-19(13)18)20(27)24-28-10-14(26)9-25/h3-8,11,14,23,25-26H,1-2,9-10H2,(H,24,27)/t14-/m1/s1. The van der Waals surface area contributed by atoms with Gasteiger partial charge in [-0.25, -0.2) is 9.87 Å². The SMILES string of the molecule is O=C(NOC[C@H](O)CO)c1ccc2cnsc2c1Nc1ccc(C2CC2)cc1F. The molecule has 7 nitrogen and oxygen atoms in total. The monoisotopic (exact) mass is 417 g/mol. The summed E-state index contributed by atoms with van der Waals surface area (Å²) < 4.78 is 19.5. The van der Waals surface area contributed by atoms with Crippen molar-refractivity contribution in [3.63, 3.8) is 0 Å². The highest BCUT2D eigenvalue weighted by Gasteiger charge is 2.24. The van der Waals surface area contributed by atoms with Gasteiger partial charge in [0.05, 0.1) is 28.2 Å². The summed E-state index contributed by atoms with van der Waals surface area (Å²) in [7, 11) is 0. The Balaban J connectivity index is 1.61. The Morgan fingerprint density at radius 2 is 2.17 bits per heavy atom. The van der Waals surface area contributed by atoms with Gasteiger partial charge in [-0.15, -0.1) is 0 Å². The minimum atomic E-state index is -1.10. The van der Waals surface area contributed by atoms with E-state index >= 15 is 0 Å². The number of hydrogen-bond donors (Lipinski definition) is 4. The number of halogens is 1. The minimum absolute atomic E-state index is 0.242. The quantitative estimate of drug-likeness (QED) is 0.420. The highest BCUT2D eigenvalue weighted by atomic mass is 32.1. The number of fused-ring (bicyclic) bond motifs is 1. The fourth-order valence-electron chi connectivity index (χ4n) is 3.00. The number of rotatable bonds is 8. The third-order valence-corrected chi connectivity index (χ3v) is 5.55. The van der Waals surface area contributed by atoms with E-state index in [1.54, 1.807) is 24.4 Å². The van der Waals surface area contributed by atoms with E-state index in [-0.39, 0.29) is 23.7 Å². The molecule has 0 aliphatic heterocycles. The Morgan fingerprint density at radius 3 is 2.90 bits per heavy atom. The summed E-state index contributed by atoms with van der Waals surface area (Å²) in [5.41, 5.74) is 4.15. The molecule has 0 saturated heterocycles. The molecule has 0 radical (unpaired) electrons. The number of hydrogen-bond acceptors (Lipinski definition) is 7. The number of benzene rings is 2. The van der Waals surface area contributed by atoms with Crippen LogP contribution in [0.25, 0.3) is 10.1 Å². The van der Waals surface area contributed by atoms with Gasteiger partial charge in [0.15, 0.2) is 0 Å². The topological polar surface area (TPSA) is 104 Å². The van der Waals surface area contributed by atoms with E-state index in [1.165, 1.54) is 17.6 Å². The van der Waals surface area contributed by atoms with Crippen LogP contribution in [0.4, 0.5) is 15.8 Å². The lowest BCUT2D eigenvalue weighted by Crippen LogP contribution is -2.30. The van der Waals surface area contributed by atoms with Crippen molar-refractivity contribution in [3.8, 4) is 0 Å². The van der Waals surface area contributed by atoms with E-state index in [4.69, 9.17) is 9.94 Å². The molecule has 1 amide bonds. The molecule has 3 aromatic rings. The maximum Gasteiger partial charge on any atom is 0.277 e. The second kappa shape index (κ2) is 8.42. The first-order valence-electron chi connectivity index (χ1n) is 9.21. The van der Waals surface area contributed by atoms with Crippen molar-refractivity contribution in [2.24, 2.45) is 0 Å². The minimum Gasteiger partial charge on any atom is -0.394 e. The second-order valence-electron chi connectivity index (χ2n) is 6.95. The van der Waals surface area contributed by atoms with Crippen LogP contribution in [0, 0.1) is 5.82 Å². The first-order valence-corrected chi connectivity index (χ1v) is 9.99. The van der Waals surface area contributed by atoms with E-state index in [2.05, 4.69) is 15.2 Å². The van der Waals surface area contributed by atoms with Crippen LogP contribution in [0.1, 0.15) is 34.7 Å². The van der Waals surface area contributed by atoms with Crippen molar-refractivity contribution in [2.45, 2.75) is 24.9 Å². The third-order valence-electron chi connectivity index (χ3n) is 4.72. The molecule has 1 aromatic heterocycles. The van der Waals surface area contributed by atoms with Crippen LogP contribution in [0.2, 0.25) is 0 Å². The van der Waals surface area contributed by atoms with Gasteiger partial charge in [0.25, 0.3) is 5.91 Å². The van der Waals surface area contributed by atoms with Crippen LogP contribution in [-0.2, 0) is 4.84 Å². The number of aromatic nitrogens is 1. The predicted molar refractivity (Wildman–Crippen MR) is 108 cm³/mol. The fraction of sp³-hybridized carbons (Fsp3) is 0.300. The second-order valence-corrected chi connectivity index (χ2v) is 7.75. The van der Waals surface area contributed by atoms with Crippen molar-refractivity contribution in [1.82, 2.24) is 9.85 Å². The molecule has 4 rings (SSSR count). The number of hydroxylamine groups is 1. The van der Waals surface area contributed by atoms with E-state index in [0.29, 0.717) is 16.3 Å². The number of amides is 1. The number of anilines is 2. The van der Waals surface area contributed by atoms with Gasteiger partial charge in [-0.05, 0) is 54.1 Å². The molecule has 0 bridgehead atoms. The summed E-state index contributed by atoms with van der Waals surface area (Å²) >= 11 is 1.19. The number of aliphatic hydroxyl groups excluding tert-OH is 2. The maximum absolute atomic E-state index is 14.7. The number of aliphatic hydroxyl groups is 2. The average Bonchev–Trinajstić information content (AvgIpc) is 3.46. The number of nitrogens with one attached hydrogen (secondary N) is 2. The van der Waals surface area contributed by atoms with Crippen LogP contribution in [0.5, 0.6) is 0 Å². The summed E-state index contributed by atoms with van der Waals surface area (Å²) in [5.74, 6) is -0.510. The van der Waals surface area contributed by atoms with Crippen LogP contribution in [-0.4, -0.2) is 39.8 Å². The molecule has 29 heavy (non-hydrogen) atoms. The molecule has 1 atom stereocenters. The van der Waals surface area contributed by atoms with Gasteiger partial charge >= 0.3 is 0 Å². The van der Waals surface area contributed by atoms with Crippen molar-refractivity contribution in [1.29, 1.82) is 0 Å². The first kappa shape index (κ1) is 19.7. The number of carbonyl (C=O) groups is 1. The van der Waals surface area contributed by atoms with Gasteiger partial charge in [0, 0.05) is 11.6 Å². The molecular formula is C20H20FN3O4S. The van der Waals surface area contributed by atoms with E-state index in [0.717, 1.165) is 23.8 Å². The van der Waals surface area contributed by atoms with E-state index in [9.17, 15) is 14.3 Å². The number of nitrogens with zero attached hydrogens (tertiary/aromatic N) is 1. The van der Waals surface area contributed by atoms with Crippen molar-refractivity contribution >= 4 is 38.9 Å². The first-order chi connectivity index (χ1) is 14.1. The van der Waals surface area contributed by atoms with Gasteiger partial charge in [-0.3, -0.25) is 9.63 Å². The lowest BCUT2D eigenvalue weighted by molar-refractivity contribution is -0.0295. The molecule has 152 valence electrons. The van der Waals surface area contributed by atoms with Crippen molar-refractivity contribution in [2.75, 3.05) is 18.5 Å². The largest absolute Gasteiger partial charge is 0.394 e. The molecular weight excluding hydrogens is 397 g/mol. The van der Waals surface area contributed by atoms with Gasteiger partial charge in [0.1, 0.15) is 18.5 Å². The Bertz CT molecular complexity index is 1040. The summed E-state index contributed by atoms with van der Waals surface area (Å²) in [6, 6.07) is 8.45. The molecule has 0 unspecified atom stereocenters. The van der Waals surface area contributed by atoms with Crippen LogP contribution in [0.3, 0.4) is 0 Å². The van der Waals surface area contributed by atoms with E-state index < -0.39 is 18.6 Å². The smallest absolute Gasteiger partial charge is 0.277 e. The van der Waals surface area contributed by atoms with Crippen LogP contribution < -0.4 is 10.8 Å². The molecule has 0 spiro atoms. The molecule has 1 aliphatic carbocycles. The highest BCUT2D eigenvalue weighted by molar-refractivity contribution is 7.14. The predicted octanol–water partition coefficient (Wildman–Crippen LogP) is 3.07. The molecule has 1 fully saturated rings. The Labute approximate surface area is 170 Å². The highest BCUT2D eigenvalue weighted by Crippen LogP contribution is 2.41. The van der Waals surface area contributed by atoms with Gasteiger partial charge in [-0.2, -0.15) is 4.37 Å². The third kappa shape index (κ3) is 4.38. The van der Waals surface area contributed by atoms with Crippen molar-refractivity contribution in [3.05, 3.63) is 53.5 Å². The van der Waals surface area contributed by atoms with E-state index in [1.807, 2.05) is 6.07 Å². The molecule has 2 aromatic carbocycles. The molecule has 1 aliphatic rings. The Kier molecular flexibility index (Phi) is 5.72. The molecule has 1 saturated carbocycles. The molecule has 4 N–H and O–H groups in total. The average molecular weight is 417 g/mol. The molecule has 1 heterocycles. The van der Waals surface area contributed by atoms with Crippen LogP contribution >= 0.6 is 11.5 Å². The summed E-state index contributed by atoms with van der Waals surface area (Å²) in [6.45, 7) is -0.739. The molecule has 9 heteroatoms. The Morgan fingerprint density at radius 1 is 1.34 bits per heavy atom. The maximum atomic E-state index is 14.7. The van der Waals surface area contributed by atoms with Crippen molar-refractivity contribution < 1.29 is 24.2 Å². The normalized spacial score (nSPS) is 14.7. The summed E-state index contributed by atoms with van der Waals surface area (Å²) in [5, 5.41) is 22.0. The lowest BCUT2D eigenvalue weighted by Gasteiger charge is -2.15. The van der Waals surface area contributed by atoms with Gasteiger partial charge in [0.2, 0.25) is 0 Å². The Hall–Kier alpha value is -2.59. The zero-order valence-corrected chi connectivity index (χ0v) is 16.2. The zero-order valence-electron chi connectivity index (χ0n) is 15.4. The summed E-state index contributed by atoms with van der Waals surface area (Å²) in [6.07, 6.45) is 2.74. The van der Waals surface area contributed by atoms with Gasteiger partial charge < -0.3 is 15.5 Å². The fourth-order valence-corrected chi connectivity index (χ4v) is 3.75. The zero-order chi connectivity index (χ0) is 20.4. The van der Waals surface area contributed by atoms with Gasteiger partial charge in [-0.1, -0.05) is 12.1 Å². The summed E-state index contributed by atoms with van der Waals surface area (Å²) in [4.78, 5) is 17.5. The number of carbonyl (C=O) groups excluding carboxylic acids is 1. The lowest BCUT2D eigenvalue weighted by atomic mass is 10.1.